The molecule has 0 aliphatic heterocycles. The number of aryl methyl sites for hydroxylation is 1. The van der Waals surface area contributed by atoms with Crippen LogP contribution >= 0.6 is 0 Å². The van der Waals surface area contributed by atoms with E-state index in [1.54, 1.807) is 6.07 Å². The number of nitrogens with zero attached hydrogens (tertiary/aromatic N) is 1. The number of nitrogens with one attached hydrogen (secondary N) is 1. The van der Waals surface area contributed by atoms with Crippen molar-refractivity contribution in [2.75, 3.05) is 18.5 Å². The molecule has 0 unspecified atom stereocenters. The number of hydrogen-bond acceptors (Lipinski definition) is 2. The predicted octanol–water partition coefficient (Wildman–Crippen LogP) is 3.88. The van der Waals surface area contributed by atoms with E-state index in [0.717, 1.165) is 24.3 Å². The standard InChI is InChI=1S/C18H23FN2/c1-4-20-12-16-11-17(19)9-10-18(16)21(3)13-15-7-5-14(2)6-8-15/h5-11,20H,4,12-13H2,1-3H3. The highest BCUT2D eigenvalue weighted by molar-refractivity contribution is 5.53. The summed E-state index contributed by atoms with van der Waals surface area (Å²) < 4.78 is 13.5. The van der Waals surface area contributed by atoms with Crippen molar-refractivity contribution < 1.29 is 4.39 Å². The average Bonchev–Trinajstić information content (AvgIpc) is 2.47. The first kappa shape index (κ1) is 15.5. The molecular formula is C18H23FN2. The topological polar surface area (TPSA) is 15.3 Å². The minimum absolute atomic E-state index is 0.185. The second-order valence-electron chi connectivity index (χ2n) is 5.40. The van der Waals surface area contributed by atoms with E-state index in [9.17, 15) is 4.39 Å². The van der Waals surface area contributed by atoms with Crippen LogP contribution in [0.25, 0.3) is 0 Å². The second-order valence-corrected chi connectivity index (χ2v) is 5.40. The molecule has 0 saturated heterocycles. The van der Waals surface area contributed by atoms with E-state index in [0.29, 0.717) is 6.54 Å². The molecule has 2 rings (SSSR count). The highest BCUT2D eigenvalue weighted by Gasteiger charge is 2.09. The highest BCUT2D eigenvalue weighted by Crippen LogP contribution is 2.22. The van der Waals surface area contributed by atoms with Gasteiger partial charge in [0.05, 0.1) is 0 Å². The molecule has 0 heterocycles. The summed E-state index contributed by atoms with van der Waals surface area (Å²) in [6, 6.07) is 13.5. The molecule has 0 bridgehead atoms. The Morgan fingerprint density at radius 2 is 1.81 bits per heavy atom. The minimum atomic E-state index is -0.185. The molecular weight excluding hydrogens is 263 g/mol. The molecule has 3 heteroatoms. The maximum atomic E-state index is 13.5. The Hall–Kier alpha value is -1.87. The van der Waals surface area contributed by atoms with Crippen molar-refractivity contribution in [2.45, 2.75) is 26.9 Å². The van der Waals surface area contributed by atoms with Gasteiger partial charge in [0.1, 0.15) is 5.82 Å². The Morgan fingerprint density at radius 1 is 1.10 bits per heavy atom. The largest absolute Gasteiger partial charge is 0.370 e. The van der Waals surface area contributed by atoms with Crippen molar-refractivity contribution in [3.63, 3.8) is 0 Å². The minimum Gasteiger partial charge on any atom is -0.370 e. The SMILES string of the molecule is CCNCc1cc(F)ccc1N(C)Cc1ccc(C)cc1. The fraction of sp³-hybridized carbons (Fsp3) is 0.333. The molecule has 2 aromatic carbocycles. The van der Waals surface area contributed by atoms with Gasteiger partial charge in [0, 0.05) is 25.8 Å². The van der Waals surface area contributed by atoms with Crippen LogP contribution in [0.2, 0.25) is 0 Å². The van der Waals surface area contributed by atoms with Gasteiger partial charge in [-0.25, -0.2) is 4.39 Å². The maximum Gasteiger partial charge on any atom is 0.123 e. The second kappa shape index (κ2) is 7.23. The van der Waals surface area contributed by atoms with Gasteiger partial charge in [0.2, 0.25) is 0 Å². The lowest BCUT2D eigenvalue weighted by molar-refractivity contribution is 0.621. The van der Waals surface area contributed by atoms with Crippen molar-refractivity contribution in [1.82, 2.24) is 5.32 Å². The molecule has 0 spiro atoms. The first-order valence-electron chi connectivity index (χ1n) is 7.36. The molecule has 2 nitrogen and oxygen atoms in total. The molecule has 21 heavy (non-hydrogen) atoms. The summed E-state index contributed by atoms with van der Waals surface area (Å²) in [5, 5.41) is 3.27. The van der Waals surface area contributed by atoms with Crippen LogP contribution in [0.5, 0.6) is 0 Å². The molecule has 0 aromatic heterocycles. The van der Waals surface area contributed by atoms with Crippen molar-refractivity contribution in [3.8, 4) is 0 Å². The Kier molecular flexibility index (Phi) is 5.34. The summed E-state index contributed by atoms with van der Waals surface area (Å²) in [6.45, 7) is 6.50. The average molecular weight is 286 g/mol. The van der Waals surface area contributed by atoms with Crippen LogP contribution < -0.4 is 10.2 Å². The van der Waals surface area contributed by atoms with Crippen molar-refractivity contribution in [3.05, 3.63) is 65.0 Å². The number of anilines is 1. The van der Waals surface area contributed by atoms with E-state index in [2.05, 4.69) is 48.3 Å². The first-order chi connectivity index (χ1) is 10.1. The third-order valence-electron chi connectivity index (χ3n) is 3.56. The van der Waals surface area contributed by atoms with Crippen LogP contribution in [-0.4, -0.2) is 13.6 Å². The number of rotatable bonds is 6. The number of hydrogen-bond donors (Lipinski definition) is 1. The van der Waals surface area contributed by atoms with E-state index in [-0.39, 0.29) is 5.82 Å². The molecule has 0 saturated carbocycles. The smallest absolute Gasteiger partial charge is 0.123 e. The quantitative estimate of drug-likeness (QED) is 0.867. The summed E-state index contributed by atoms with van der Waals surface area (Å²) in [5.41, 5.74) is 4.57. The lowest BCUT2D eigenvalue weighted by Gasteiger charge is -2.23. The van der Waals surface area contributed by atoms with E-state index in [4.69, 9.17) is 0 Å². The van der Waals surface area contributed by atoms with Crippen LogP contribution in [0.4, 0.5) is 10.1 Å². The number of benzene rings is 2. The van der Waals surface area contributed by atoms with Gasteiger partial charge in [-0.2, -0.15) is 0 Å². The Morgan fingerprint density at radius 3 is 2.48 bits per heavy atom. The molecule has 112 valence electrons. The monoisotopic (exact) mass is 286 g/mol. The van der Waals surface area contributed by atoms with E-state index in [1.165, 1.54) is 17.2 Å². The van der Waals surface area contributed by atoms with Gasteiger partial charge in [0.25, 0.3) is 0 Å². The van der Waals surface area contributed by atoms with Crippen LogP contribution in [0.15, 0.2) is 42.5 Å². The molecule has 0 amide bonds. The molecule has 0 aliphatic rings. The van der Waals surface area contributed by atoms with Gasteiger partial charge in [-0.3, -0.25) is 0 Å². The van der Waals surface area contributed by atoms with Crippen LogP contribution in [0, 0.1) is 12.7 Å². The van der Waals surface area contributed by atoms with Gasteiger partial charge in [-0.1, -0.05) is 36.8 Å². The lowest BCUT2D eigenvalue weighted by Crippen LogP contribution is -2.20. The van der Waals surface area contributed by atoms with Crippen molar-refractivity contribution >= 4 is 5.69 Å². The van der Waals surface area contributed by atoms with Gasteiger partial charge >= 0.3 is 0 Å². The predicted molar refractivity (Wildman–Crippen MR) is 87.1 cm³/mol. The molecule has 0 atom stereocenters. The van der Waals surface area contributed by atoms with Crippen LogP contribution in [-0.2, 0) is 13.1 Å². The highest BCUT2D eigenvalue weighted by atomic mass is 19.1. The summed E-state index contributed by atoms with van der Waals surface area (Å²) in [5.74, 6) is -0.185. The normalized spacial score (nSPS) is 10.7. The molecule has 1 N–H and O–H groups in total. The third-order valence-corrected chi connectivity index (χ3v) is 3.56. The fourth-order valence-corrected chi connectivity index (χ4v) is 2.38. The zero-order valence-electron chi connectivity index (χ0n) is 13.0. The zero-order valence-corrected chi connectivity index (χ0v) is 13.0. The molecule has 0 fully saturated rings. The maximum absolute atomic E-state index is 13.5. The summed E-state index contributed by atoms with van der Waals surface area (Å²) in [7, 11) is 2.04. The van der Waals surface area contributed by atoms with Gasteiger partial charge in [-0.15, -0.1) is 0 Å². The first-order valence-corrected chi connectivity index (χ1v) is 7.36. The fourth-order valence-electron chi connectivity index (χ4n) is 2.38. The van der Waals surface area contributed by atoms with Crippen LogP contribution in [0.1, 0.15) is 23.6 Å². The molecule has 2 aromatic rings. The van der Waals surface area contributed by atoms with Gasteiger partial charge in [0.15, 0.2) is 0 Å². The summed E-state index contributed by atoms with van der Waals surface area (Å²) in [6.07, 6.45) is 0. The molecule has 0 radical (unpaired) electrons. The van der Waals surface area contributed by atoms with Crippen molar-refractivity contribution in [2.24, 2.45) is 0 Å². The van der Waals surface area contributed by atoms with Crippen LogP contribution in [0.3, 0.4) is 0 Å². The third kappa shape index (κ3) is 4.30. The molecule has 0 aliphatic carbocycles. The number of halogens is 1. The Balaban J connectivity index is 2.17. The lowest BCUT2D eigenvalue weighted by atomic mass is 10.1. The Labute approximate surface area is 126 Å². The van der Waals surface area contributed by atoms with E-state index < -0.39 is 0 Å². The summed E-state index contributed by atoms with van der Waals surface area (Å²) >= 11 is 0. The van der Waals surface area contributed by atoms with Gasteiger partial charge in [-0.05, 0) is 42.8 Å². The van der Waals surface area contributed by atoms with Gasteiger partial charge < -0.3 is 10.2 Å². The van der Waals surface area contributed by atoms with E-state index >= 15 is 0 Å². The van der Waals surface area contributed by atoms with Crippen molar-refractivity contribution in [1.29, 1.82) is 0 Å². The zero-order chi connectivity index (χ0) is 15.2. The summed E-state index contributed by atoms with van der Waals surface area (Å²) in [4.78, 5) is 2.16. The van der Waals surface area contributed by atoms with E-state index in [1.807, 2.05) is 13.1 Å². The Bertz CT molecular complexity index is 578.